The zero-order valence-corrected chi connectivity index (χ0v) is 15.4. The Hall–Kier alpha value is -2.59. The summed E-state index contributed by atoms with van der Waals surface area (Å²) >= 11 is 6.02. The van der Waals surface area contributed by atoms with Crippen molar-refractivity contribution in [3.63, 3.8) is 0 Å². The van der Waals surface area contributed by atoms with E-state index in [1.165, 1.54) is 5.56 Å². The minimum atomic E-state index is 0.156. The Morgan fingerprint density at radius 2 is 1.88 bits per heavy atom. The molecule has 0 saturated carbocycles. The van der Waals surface area contributed by atoms with Crippen LogP contribution in [0.5, 0.6) is 0 Å². The lowest BCUT2D eigenvalue weighted by atomic mass is 9.95. The molecule has 1 heterocycles. The third kappa shape index (κ3) is 3.01. The Bertz CT molecular complexity index is 960. The maximum absolute atomic E-state index is 12.6. The summed E-state index contributed by atoms with van der Waals surface area (Å²) in [5, 5.41) is 8.84. The number of hydrogen-bond donors (Lipinski definition) is 1. The summed E-state index contributed by atoms with van der Waals surface area (Å²) in [6, 6.07) is 15.7. The molecule has 5 heteroatoms. The lowest BCUT2D eigenvalue weighted by Crippen LogP contribution is -2.13. The van der Waals surface area contributed by atoms with Crippen LogP contribution in [0.2, 0.25) is 5.02 Å². The number of hydrogen-bond acceptors (Lipinski definition) is 3. The topological polar surface area (TPSA) is 46.9 Å². The number of Topliss-reactive ketones (excluding diaryl/α,β-unsaturated/α-hetero) is 1. The van der Waals surface area contributed by atoms with E-state index in [4.69, 9.17) is 16.7 Å². The van der Waals surface area contributed by atoms with Gasteiger partial charge in [0.1, 0.15) is 0 Å². The number of halogens is 1. The molecule has 132 valence electrons. The molecule has 1 N–H and O–H groups in total. The molecule has 0 aliphatic heterocycles. The predicted octanol–water partition coefficient (Wildman–Crippen LogP) is 5.35. The summed E-state index contributed by atoms with van der Waals surface area (Å²) in [6.45, 7) is 2.12. The molecule has 1 aliphatic rings. The van der Waals surface area contributed by atoms with Gasteiger partial charge in [0, 0.05) is 17.1 Å². The molecule has 0 saturated heterocycles. The van der Waals surface area contributed by atoms with E-state index < -0.39 is 0 Å². The SMILES string of the molecule is CCc1ccccc1Nc1nn(-c2ccc(Cl)cc2)c2c1C(=O)CCC2. The number of nitrogens with zero attached hydrogens (tertiary/aromatic N) is 2. The number of benzene rings is 2. The van der Waals surface area contributed by atoms with Crippen LogP contribution >= 0.6 is 11.6 Å². The van der Waals surface area contributed by atoms with Crippen molar-refractivity contribution in [1.82, 2.24) is 9.78 Å². The smallest absolute Gasteiger partial charge is 0.168 e. The van der Waals surface area contributed by atoms with Crippen molar-refractivity contribution >= 4 is 28.9 Å². The minimum absolute atomic E-state index is 0.156. The standard InChI is InChI=1S/C21H20ClN3O/c1-2-14-6-3-4-7-17(14)23-21-20-18(8-5-9-19(20)26)25(24-21)16-12-10-15(22)11-13-16/h3-4,6-7,10-13H,2,5,8-9H2,1H3,(H,23,24). The third-order valence-electron chi connectivity index (χ3n) is 4.80. The Balaban J connectivity index is 1.82. The molecule has 0 atom stereocenters. The van der Waals surface area contributed by atoms with Crippen LogP contribution in [-0.2, 0) is 12.8 Å². The quantitative estimate of drug-likeness (QED) is 0.677. The van der Waals surface area contributed by atoms with Gasteiger partial charge in [-0.3, -0.25) is 4.79 Å². The van der Waals surface area contributed by atoms with Gasteiger partial charge in [0.25, 0.3) is 0 Å². The van der Waals surface area contributed by atoms with Crippen LogP contribution in [0, 0.1) is 0 Å². The number of nitrogens with one attached hydrogen (secondary N) is 1. The Labute approximate surface area is 157 Å². The first-order chi connectivity index (χ1) is 12.7. The van der Waals surface area contributed by atoms with E-state index in [1.54, 1.807) is 0 Å². The highest BCUT2D eigenvalue weighted by molar-refractivity contribution is 6.30. The van der Waals surface area contributed by atoms with Crippen LogP contribution in [0.25, 0.3) is 5.69 Å². The molecule has 0 fully saturated rings. The fraction of sp³-hybridized carbons (Fsp3) is 0.238. The van der Waals surface area contributed by atoms with E-state index in [2.05, 4.69) is 18.3 Å². The number of ketones is 1. The van der Waals surface area contributed by atoms with Crippen LogP contribution in [-0.4, -0.2) is 15.6 Å². The monoisotopic (exact) mass is 365 g/mol. The average molecular weight is 366 g/mol. The molecule has 0 radical (unpaired) electrons. The number of aromatic nitrogens is 2. The van der Waals surface area contributed by atoms with E-state index in [1.807, 2.05) is 47.1 Å². The highest BCUT2D eigenvalue weighted by Crippen LogP contribution is 2.32. The second-order valence-corrected chi connectivity index (χ2v) is 6.91. The maximum atomic E-state index is 12.6. The number of para-hydroxylation sites is 1. The van der Waals surface area contributed by atoms with Crippen molar-refractivity contribution in [3.05, 3.63) is 70.4 Å². The number of anilines is 2. The largest absolute Gasteiger partial charge is 0.338 e. The third-order valence-corrected chi connectivity index (χ3v) is 5.05. The van der Waals surface area contributed by atoms with Gasteiger partial charge < -0.3 is 5.32 Å². The van der Waals surface area contributed by atoms with E-state index in [0.717, 1.165) is 41.9 Å². The molecule has 0 unspecified atom stereocenters. The van der Waals surface area contributed by atoms with E-state index in [-0.39, 0.29) is 5.78 Å². The van der Waals surface area contributed by atoms with Crippen molar-refractivity contribution in [2.24, 2.45) is 0 Å². The van der Waals surface area contributed by atoms with Gasteiger partial charge in [-0.25, -0.2) is 4.68 Å². The van der Waals surface area contributed by atoms with Crippen LogP contribution in [0.3, 0.4) is 0 Å². The lowest BCUT2D eigenvalue weighted by Gasteiger charge is -2.14. The molecule has 4 nitrogen and oxygen atoms in total. The van der Waals surface area contributed by atoms with Gasteiger partial charge in [-0.1, -0.05) is 36.7 Å². The number of carbonyl (C=O) groups excluding carboxylic acids is 1. The van der Waals surface area contributed by atoms with Crippen molar-refractivity contribution in [1.29, 1.82) is 0 Å². The highest BCUT2D eigenvalue weighted by atomic mass is 35.5. The Morgan fingerprint density at radius 1 is 1.12 bits per heavy atom. The summed E-state index contributed by atoms with van der Waals surface area (Å²) in [4.78, 5) is 12.6. The van der Waals surface area contributed by atoms with Crippen LogP contribution in [0.15, 0.2) is 48.5 Å². The van der Waals surface area contributed by atoms with Crippen LogP contribution in [0.1, 0.15) is 41.4 Å². The van der Waals surface area contributed by atoms with Crippen molar-refractivity contribution in [3.8, 4) is 5.69 Å². The number of fused-ring (bicyclic) bond motifs is 1. The molecule has 1 aromatic heterocycles. The number of carbonyl (C=O) groups is 1. The molecule has 1 aliphatic carbocycles. The lowest BCUT2D eigenvalue weighted by molar-refractivity contribution is 0.0973. The number of rotatable bonds is 4. The summed E-state index contributed by atoms with van der Waals surface area (Å²) < 4.78 is 1.87. The zero-order chi connectivity index (χ0) is 18.1. The van der Waals surface area contributed by atoms with Crippen molar-refractivity contribution < 1.29 is 4.79 Å². The first kappa shape index (κ1) is 16.9. The maximum Gasteiger partial charge on any atom is 0.168 e. The normalized spacial score (nSPS) is 13.5. The summed E-state index contributed by atoms with van der Waals surface area (Å²) in [5.74, 6) is 0.795. The van der Waals surface area contributed by atoms with Gasteiger partial charge in [-0.05, 0) is 55.2 Å². The van der Waals surface area contributed by atoms with Gasteiger partial charge in [-0.15, -0.1) is 5.10 Å². The number of aryl methyl sites for hydroxylation is 1. The Morgan fingerprint density at radius 3 is 2.65 bits per heavy atom. The van der Waals surface area contributed by atoms with Gasteiger partial charge in [-0.2, -0.15) is 0 Å². The molecule has 0 spiro atoms. The van der Waals surface area contributed by atoms with Crippen molar-refractivity contribution in [2.75, 3.05) is 5.32 Å². The first-order valence-corrected chi connectivity index (χ1v) is 9.31. The molecule has 4 rings (SSSR count). The predicted molar refractivity (Wildman–Crippen MR) is 105 cm³/mol. The molecule has 3 aromatic rings. The van der Waals surface area contributed by atoms with Crippen LogP contribution < -0.4 is 5.32 Å². The van der Waals surface area contributed by atoms with Crippen molar-refractivity contribution in [2.45, 2.75) is 32.6 Å². The van der Waals surface area contributed by atoms with E-state index in [0.29, 0.717) is 17.3 Å². The minimum Gasteiger partial charge on any atom is -0.338 e. The average Bonchev–Trinajstić information content (AvgIpc) is 3.03. The highest BCUT2D eigenvalue weighted by Gasteiger charge is 2.28. The van der Waals surface area contributed by atoms with E-state index >= 15 is 0 Å². The summed E-state index contributed by atoms with van der Waals surface area (Å²) in [7, 11) is 0. The van der Waals surface area contributed by atoms with E-state index in [9.17, 15) is 4.79 Å². The molecule has 0 amide bonds. The molecular weight excluding hydrogens is 346 g/mol. The van der Waals surface area contributed by atoms with Gasteiger partial charge >= 0.3 is 0 Å². The fourth-order valence-electron chi connectivity index (χ4n) is 3.48. The molecule has 0 bridgehead atoms. The van der Waals surface area contributed by atoms with Gasteiger partial charge in [0.05, 0.1) is 16.9 Å². The fourth-order valence-corrected chi connectivity index (χ4v) is 3.61. The first-order valence-electron chi connectivity index (χ1n) is 8.93. The molecular formula is C21H20ClN3O. The Kier molecular flexibility index (Phi) is 4.51. The van der Waals surface area contributed by atoms with Gasteiger partial charge in [0.15, 0.2) is 11.6 Å². The summed E-state index contributed by atoms with van der Waals surface area (Å²) in [6.07, 6.45) is 3.19. The summed E-state index contributed by atoms with van der Waals surface area (Å²) in [5.41, 5.74) is 4.80. The second kappa shape index (κ2) is 6.96. The molecule has 2 aromatic carbocycles. The van der Waals surface area contributed by atoms with Crippen LogP contribution in [0.4, 0.5) is 11.5 Å². The van der Waals surface area contributed by atoms with Gasteiger partial charge in [0.2, 0.25) is 0 Å². The second-order valence-electron chi connectivity index (χ2n) is 6.47. The molecule has 26 heavy (non-hydrogen) atoms. The zero-order valence-electron chi connectivity index (χ0n) is 14.6.